The van der Waals surface area contributed by atoms with Gasteiger partial charge in [-0.25, -0.2) is 4.79 Å². The molecule has 0 heterocycles. The van der Waals surface area contributed by atoms with Crippen molar-refractivity contribution in [3.63, 3.8) is 0 Å². The first kappa shape index (κ1) is 8.01. The zero-order chi connectivity index (χ0) is 7.44. The highest BCUT2D eigenvalue weighted by atomic mass is 16.4. The highest BCUT2D eigenvalue weighted by Gasteiger charge is 2.02. The molecule has 0 saturated heterocycles. The minimum absolute atomic E-state index is 0.248. The Morgan fingerprint density at radius 2 is 2.11 bits per heavy atom. The van der Waals surface area contributed by atoms with Gasteiger partial charge in [0.25, 0.3) is 0 Å². The van der Waals surface area contributed by atoms with E-state index in [9.17, 15) is 4.79 Å². The van der Waals surface area contributed by atoms with Gasteiger partial charge in [0, 0.05) is 5.70 Å². The number of aliphatic carboxylic acids is 1. The minimum Gasteiger partial charge on any atom is -0.478 e. The molecule has 0 bridgehead atoms. The summed E-state index contributed by atoms with van der Waals surface area (Å²) in [6.07, 6.45) is 0.595. The Hall–Kier alpha value is -0.990. The van der Waals surface area contributed by atoms with Crippen LogP contribution in [0.5, 0.6) is 0 Å². The van der Waals surface area contributed by atoms with Crippen molar-refractivity contribution in [3.8, 4) is 0 Å². The van der Waals surface area contributed by atoms with Gasteiger partial charge >= 0.3 is 5.97 Å². The van der Waals surface area contributed by atoms with E-state index in [0.717, 1.165) is 0 Å². The standard InChI is InChI=1S/C6H11NO2/c1-3-5(7)4(2)6(8)9/h3,7H2,1-2H3,(H,8,9). The SMILES string of the molecule is CCC(N)=C(C)C(=O)O. The molecule has 0 amide bonds. The number of carbonyl (C=O) groups is 1. The van der Waals surface area contributed by atoms with Crippen LogP contribution in [0.1, 0.15) is 20.3 Å². The zero-order valence-electron chi connectivity index (χ0n) is 5.64. The maximum atomic E-state index is 10.2. The number of nitrogens with two attached hydrogens (primary N) is 1. The zero-order valence-corrected chi connectivity index (χ0v) is 5.64. The lowest BCUT2D eigenvalue weighted by Crippen LogP contribution is -2.06. The molecule has 0 aromatic carbocycles. The van der Waals surface area contributed by atoms with Crippen LogP contribution in [0, 0.1) is 0 Å². The normalized spacial score (nSPS) is 12.7. The van der Waals surface area contributed by atoms with Gasteiger partial charge in [-0.1, -0.05) is 6.92 Å². The Bertz CT molecular complexity index is 149. The predicted octanol–water partition coefficient (Wildman–Crippen LogP) is 0.714. The molecule has 0 spiro atoms. The van der Waals surface area contributed by atoms with Crippen molar-refractivity contribution in [1.29, 1.82) is 0 Å². The third-order valence-corrected chi connectivity index (χ3v) is 1.18. The second-order valence-corrected chi connectivity index (χ2v) is 1.81. The molecule has 0 aliphatic rings. The minimum atomic E-state index is -0.936. The number of carboxylic acid groups (broad SMARTS) is 1. The highest BCUT2D eigenvalue weighted by molar-refractivity contribution is 5.86. The van der Waals surface area contributed by atoms with Crippen LogP contribution < -0.4 is 5.73 Å². The van der Waals surface area contributed by atoms with Gasteiger partial charge in [0.05, 0.1) is 5.57 Å². The quantitative estimate of drug-likeness (QED) is 0.540. The van der Waals surface area contributed by atoms with Crippen LogP contribution in [0.4, 0.5) is 0 Å². The lowest BCUT2D eigenvalue weighted by Gasteiger charge is -1.97. The van der Waals surface area contributed by atoms with Gasteiger partial charge in [0.2, 0.25) is 0 Å². The summed E-state index contributed by atoms with van der Waals surface area (Å²) in [6, 6.07) is 0. The second-order valence-electron chi connectivity index (χ2n) is 1.81. The van der Waals surface area contributed by atoms with E-state index in [1.807, 2.05) is 6.92 Å². The Morgan fingerprint density at radius 3 is 2.22 bits per heavy atom. The lowest BCUT2D eigenvalue weighted by atomic mass is 10.2. The Morgan fingerprint density at radius 1 is 1.67 bits per heavy atom. The smallest absolute Gasteiger partial charge is 0.333 e. The van der Waals surface area contributed by atoms with E-state index in [4.69, 9.17) is 10.8 Å². The summed E-state index contributed by atoms with van der Waals surface area (Å²) in [4.78, 5) is 10.2. The van der Waals surface area contributed by atoms with Crippen LogP contribution in [-0.2, 0) is 4.79 Å². The van der Waals surface area contributed by atoms with Gasteiger partial charge in [-0.3, -0.25) is 0 Å². The van der Waals surface area contributed by atoms with Crippen molar-refractivity contribution in [1.82, 2.24) is 0 Å². The van der Waals surface area contributed by atoms with Gasteiger partial charge < -0.3 is 10.8 Å². The van der Waals surface area contributed by atoms with Gasteiger partial charge in [-0.15, -0.1) is 0 Å². The van der Waals surface area contributed by atoms with Crippen LogP contribution in [-0.4, -0.2) is 11.1 Å². The Kier molecular flexibility index (Phi) is 2.78. The third kappa shape index (κ3) is 2.17. The second kappa shape index (κ2) is 3.12. The van der Waals surface area contributed by atoms with E-state index < -0.39 is 5.97 Å². The summed E-state index contributed by atoms with van der Waals surface area (Å²) in [7, 11) is 0. The summed E-state index contributed by atoms with van der Waals surface area (Å²) >= 11 is 0. The molecule has 0 aliphatic carbocycles. The van der Waals surface area contributed by atoms with Crippen LogP contribution in [0.15, 0.2) is 11.3 Å². The van der Waals surface area contributed by atoms with Crippen molar-refractivity contribution < 1.29 is 9.90 Å². The van der Waals surface area contributed by atoms with Crippen molar-refractivity contribution in [2.24, 2.45) is 5.73 Å². The molecule has 0 radical (unpaired) electrons. The molecule has 0 saturated carbocycles. The fraction of sp³-hybridized carbons (Fsp3) is 0.500. The van der Waals surface area contributed by atoms with E-state index in [-0.39, 0.29) is 5.57 Å². The molecular formula is C6H11NO2. The van der Waals surface area contributed by atoms with Gasteiger partial charge in [0.1, 0.15) is 0 Å². The molecule has 52 valence electrons. The molecule has 0 aliphatic heterocycles. The largest absolute Gasteiger partial charge is 0.478 e. The maximum absolute atomic E-state index is 10.2. The maximum Gasteiger partial charge on any atom is 0.333 e. The van der Waals surface area contributed by atoms with E-state index in [2.05, 4.69) is 0 Å². The third-order valence-electron chi connectivity index (χ3n) is 1.18. The van der Waals surface area contributed by atoms with Crippen molar-refractivity contribution in [2.45, 2.75) is 20.3 Å². The monoisotopic (exact) mass is 129 g/mol. The molecule has 3 nitrogen and oxygen atoms in total. The summed E-state index contributed by atoms with van der Waals surface area (Å²) in [5.74, 6) is -0.936. The van der Waals surface area contributed by atoms with Gasteiger partial charge in [-0.05, 0) is 13.3 Å². The van der Waals surface area contributed by atoms with Crippen LogP contribution in [0.3, 0.4) is 0 Å². The van der Waals surface area contributed by atoms with Crippen LogP contribution in [0.2, 0.25) is 0 Å². The van der Waals surface area contributed by atoms with Crippen LogP contribution >= 0.6 is 0 Å². The van der Waals surface area contributed by atoms with E-state index in [0.29, 0.717) is 12.1 Å². The summed E-state index contributed by atoms with van der Waals surface area (Å²) in [5.41, 5.74) is 6.01. The van der Waals surface area contributed by atoms with E-state index >= 15 is 0 Å². The van der Waals surface area contributed by atoms with Crippen LogP contribution in [0.25, 0.3) is 0 Å². The number of hydrogen-bond acceptors (Lipinski definition) is 2. The number of allylic oxidation sites excluding steroid dienone is 1. The summed E-state index contributed by atoms with van der Waals surface area (Å²) in [6.45, 7) is 3.32. The molecule has 0 unspecified atom stereocenters. The number of rotatable bonds is 2. The first-order valence-corrected chi connectivity index (χ1v) is 2.78. The molecule has 3 heteroatoms. The lowest BCUT2D eigenvalue weighted by molar-refractivity contribution is -0.132. The molecule has 3 N–H and O–H groups in total. The summed E-state index contributed by atoms with van der Waals surface area (Å²) < 4.78 is 0. The molecule has 0 rings (SSSR count). The fourth-order valence-corrected chi connectivity index (χ4v) is 0.403. The molecule has 0 fully saturated rings. The number of hydrogen-bond donors (Lipinski definition) is 2. The van der Waals surface area contributed by atoms with E-state index in [1.165, 1.54) is 6.92 Å². The topological polar surface area (TPSA) is 63.3 Å². The molecule has 9 heavy (non-hydrogen) atoms. The molecular weight excluding hydrogens is 118 g/mol. The average Bonchev–Trinajstić information content (AvgIpc) is 1.84. The molecule has 0 aromatic heterocycles. The summed E-state index contributed by atoms with van der Waals surface area (Å²) in [5, 5.41) is 8.35. The molecule has 0 aromatic rings. The fourth-order valence-electron chi connectivity index (χ4n) is 0.403. The number of carboxylic acids is 1. The highest BCUT2D eigenvalue weighted by Crippen LogP contribution is 2.00. The first-order valence-electron chi connectivity index (χ1n) is 2.78. The van der Waals surface area contributed by atoms with E-state index in [1.54, 1.807) is 0 Å². The van der Waals surface area contributed by atoms with Crippen molar-refractivity contribution in [2.75, 3.05) is 0 Å². The predicted molar refractivity (Wildman–Crippen MR) is 34.8 cm³/mol. The van der Waals surface area contributed by atoms with Gasteiger partial charge in [-0.2, -0.15) is 0 Å². The first-order chi connectivity index (χ1) is 4.09. The van der Waals surface area contributed by atoms with Crippen molar-refractivity contribution in [3.05, 3.63) is 11.3 Å². The Labute approximate surface area is 54.2 Å². The van der Waals surface area contributed by atoms with Gasteiger partial charge in [0.15, 0.2) is 0 Å². The Balaban J connectivity index is 4.28. The average molecular weight is 129 g/mol. The molecule has 0 atom stereocenters. The van der Waals surface area contributed by atoms with Crippen molar-refractivity contribution >= 4 is 5.97 Å².